The molecule has 88 valence electrons. The second kappa shape index (κ2) is 4.35. The molecule has 0 atom stereocenters. The summed E-state index contributed by atoms with van der Waals surface area (Å²) in [5, 5.41) is 26.6. The van der Waals surface area contributed by atoms with E-state index in [9.17, 15) is 5.11 Å². The van der Waals surface area contributed by atoms with E-state index in [1.807, 2.05) is 13.0 Å². The minimum Gasteiger partial charge on any atom is -0.390 e. The molecule has 0 bridgehead atoms. The zero-order valence-corrected chi connectivity index (χ0v) is 9.43. The summed E-state index contributed by atoms with van der Waals surface area (Å²) in [7, 11) is 0. The lowest BCUT2D eigenvalue weighted by atomic mass is 9.94. The van der Waals surface area contributed by atoms with Crippen LogP contribution >= 0.6 is 0 Å². The van der Waals surface area contributed by atoms with Gasteiger partial charge in [-0.3, -0.25) is 0 Å². The molecule has 0 amide bonds. The fraction of sp³-hybridized carbons (Fsp3) is 0.636. The van der Waals surface area contributed by atoms with E-state index >= 15 is 0 Å². The van der Waals surface area contributed by atoms with Crippen LogP contribution in [0.1, 0.15) is 25.5 Å². The second-order valence-electron chi connectivity index (χ2n) is 4.52. The summed E-state index contributed by atoms with van der Waals surface area (Å²) >= 11 is 0. The topological polar surface area (TPSA) is 69.5 Å². The number of aliphatic hydroxyl groups excluding tert-OH is 1. The maximum atomic E-state index is 9.83. The Kier molecular flexibility index (Phi) is 3.07. The molecule has 0 radical (unpaired) electrons. The molecular formula is C11H17N3O2. The highest BCUT2D eigenvalue weighted by molar-refractivity contribution is 5.38. The Morgan fingerprint density at radius 3 is 2.50 bits per heavy atom. The van der Waals surface area contributed by atoms with Crippen LogP contribution in [0.2, 0.25) is 0 Å². The SMILES string of the molecule is CC1(O)CCN(c2ccc(CO)nn2)CC1. The molecule has 5 nitrogen and oxygen atoms in total. The predicted molar refractivity (Wildman–Crippen MR) is 60.0 cm³/mol. The lowest BCUT2D eigenvalue weighted by molar-refractivity contribution is 0.0350. The van der Waals surface area contributed by atoms with Crippen LogP contribution < -0.4 is 4.90 Å². The van der Waals surface area contributed by atoms with Gasteiger partial charge in [-0.05, 0) is 31.9 Å². The summed E-state index contributed by atoms with van der Waals surface area (Å²) in [6, 6.07) is 3.63. The van der Waals surface area contributed by atoms with Crippen LogP contribution in [-0.4, -0.2) is 39.1 Å². The Morgan fingerprint density at radius 2 is 2.00 bits per heavy atom. The average Bonchev–Trinajstić information content (AvgIpc) is 2.29. The van der Waals surface area contributed by atoms with Gasteiger partial charge in [0.1, 0.15) is 0 Å². The third-order valence-electron chi connectivity index (χ3n) is 3.03. The van der Waals surface area contributed by atoms with Crippen molar-refractivity contribution >= 4 is 5.82 Å². The molecule has 2 heterocycles. The van der Waals surface area contributed by atoms with Gasteiger partial charge in [0, 0.05) is 13.1 Å². The maximum absolute atomic E-state index is 9.83. The molecule has 1 saturated heterocycles. The summed E-state index contributed by atoms with van der Waals surface area (Å²) in [5.74, 6) is 0.813. The third kappa shape index (κ3) is 2.48. The van der Waals surface area contributed by atoms with Gasteiger partial charge in [0.05, 0.1) is 17.9 Å². The van der Waals surface area contributed by atoms with Gasteiger partial charge in [0.25, 0.3) is 0 Å². The van der Waals surface area contributed by atoms with Crippen molar-refractivity contribution in [2.75, 3.05) is 18.0 Å². The molecule has 1 aliphatic heterocycles. The van der Waals surface area contributed by atoms with E-state index in [1.54, 1.807) is 6.07 Å². The highest BCUT2D eigenvalue weighted by Gasteiger charge is 2.27. The lowest BCUT2D eigenvalue weighted by Crippen LogP contribution is -2.42. The number of hydrogen-bond donors (Lipinski definition) is 2. The lowest BCUT2D eigenvalue weighted by Gasteiger charge is -2.36. The minimum atomic E-state index is -0.547. The Hall–Kier alpha value is -1.20. The molecule has 1 aromatic rings. The molecule has 2 N–H and O–H groups in total. The molecule has 1 aliphatic rings. The average molecular weight is 223 g/mol. The number of aliphatic hydroxyl groups is 2. The quantitative estimate of drug-likeness (QED) is 0.755. The van der Waals surface area contributed by atoms with Crippen LogP contribution in [0.15, 0.2) is 12.1 Å². The summed E-state index contributed by atoms with van der Waals surface area (Å²) < 4.78 is 0. The normalized spacial score (nSPS) is 19.8. The van der Waals surface area contributed by atoms with Crippen molar-refractivity contribution in [2.45, 2.75) is 32.0 Å². The van der Waals surface area contributed by atoms with Gasteiger partial charge in [-0.15, -0.1) is 5.10 Å². The van der Waals surface area contributed by atoms with Gasteiger partial charge in [0.2, 0.25) is 0 Å². The van der Waals surface area contributed by atoms with Gasteiger partial charge in [-0.25, -0.2) is 0 Å². The van der Waals surface area contributed by atoms with Gasteiger partial charge >= 0.3 is 0 Å². The fourth-order valence-electron chi connectivity index (χ4n) is 1.82. The van der Waals surface area contributed by atoms with Crippen molar-refractivity contribution < 1.29 is 10.2 Å². The highest BCUT2D eigenvalue weighted by Crippen LogP contribution is 2.24. The van der Waals surface area contributed by atoms with Crippen LogP contribution in [0.5, 0.6) is 0 Å². The highest BCUT2D eigenvalue weighted by atomic mass is 16.3. The van der Waals surface area contributed by atoms with Gasteiger partial charge in [0.15, 0.2) is 5.82 Å². The monoisotopic (exact) mass is 223 g/mol. The van der Waals surface area contributed by atoms with Crippen LogP contribution in [0.4, 0.5) is 5.82 Å². The smallest absolute Gasteiger partial charge is 0.151 e. The predicted octanol–water partition coefficient (Wildman–Crippen LogP) is 0.320. The molecule has 0 saturated carbocycles. The van der Waals surface area contributed by atoms with E-state index in [-0.39, 0.29) is 6.61 Å². The summed E-state index contributed by atoms with van der Waals surface area (Å²) in [6.07, 6.45) is 1.49. The van der Waals surface area contributed by atoms with E-state index in [1.165, 1.54) is 0 Å². The van der Waals surface area contributed by atoms with E-state index in [4.69, 9.17) is 5.11 Å². The first-order valence-corrected chi connectivity index (χ1v) is 5.51. The minimum absolute atomic E-state index is 0.0814. The fourth-order valence-corrected chi connectivity index (χ4v) is 1.82. The Balaban J connectivity index is 2.03. The molecule has 1 fully saturated rings. The van der Waals surface area contributed by atoms with E-state index in [2.05, 4.69) is 15.1 Å². The molecule has 0 aliphatic carbocycles. The van der Waals surface area contributed by atoms with E-state index < -0.39 is 5.60 Å². The van der Waals surface area contributed by atoms with Crippen molar-refractivity contribution in [3.63, 3.8) is 0 Å². The largest absolute Gasteiger partial charge is 0.390 e. The van der Waals surface area contributed by atoms with Crippen LogP contribution in [-0.2, 0) is 6.61 Å². The number of aromatic nitrogens is 2. The Labute approximate surface area is 94.7 Å². The molecule has 1 aromatic heterocycles. The first-order valence-electron chi connectivity index (χ1n) is 5.51. The van der Waals surface area contributed by atoms with Gasteiger partial charge < -0.3 is 15.1 Å². The molecule has 5 heteroatoms. The van der Waals surface area contributed by atoms with E-state index in [0.717, 1.165) is 31.7 Å². The number of hydrogen-bond acceptors (Lipinski definition) is 5. The number of nitrogens with zero attached hydrogens (tertiary/aromatic N) is 3. The number of anilines is 1. The van der Waals surface area contributed by atoms with Crippen molar-refractivity contribution in [3.05, 3.63) is 17.8 Å². The van der Waals surface area contributed by atoms with Gasteiger partial charge in [-0.1, -0.05) is 0 Å². The summed E-state index contributed by atoms with van der Waals surface area (Å²) in [6.45, 7) is 3.37. The summed E-state index contributed by atoms with van der Waals surface area (Å²) in [4.78, 5) is 2.10. The zero-order valence-electron chi connectivity index (χ0n) is 9.43. The van der Waals surface area contributed by atoms with Crippen molar-refractivity contribution in [1.29, 1.82) is 0 Å². The Bertz CT molecular complexity index is 341. The Morgan fingerprint density at radius 1 is 1.31 bits per heavy atom. The van der Waals surface area contributed by atoms with Gasteiger partial charge in [-0.2, -0.15) is 5.10 Å². The van der Waals surface area contributed by atoms with Crippen LogP contribution in [0.25, 0.3) is 0 Å². The molecule has 0 aromatic carbocycles. The number of piperidine rings is 1. The molecule has 0 spiro atoms. The third-order valence-corrected chi connectivity index (χ3v) is 3.03. The molecular weight excluding hydrogens is 206 g/mol. The van der Waals surface area contributed by atoms with E-state index in [0.29, 0.717) is 5.69 Å². The first-order chi connectivity index (χ1) is 7.61. The van der Waals surface area contributed by atoms with Crippen LogP contribution in [0, 0.1) is 0 Å². The standard InChI is InChI=1S/C11H17N3O2/c1-11(16)4-6-14(7-5-11)10-3-2-9(8-15)12-13-10/h2-3,15-16H,4-8H2,1H3. The van der Waals surface area contributed by atoms with Crippen molar-refractivity contribution in [2.24, 2.45) is 0 Å². The zero-order chi connectivity index (χ0) is 11.6. The second-order valence-corrected chi connectivity index (χ2v) is 4.52. The number of rotatable bonds is 2. The molecule has 2 rings (SSSR count). The molecule has 0 unspecified atom stereocenters. The summed E-state index contributed by atoms with van der Waals surface area (Å²) in [5.41, 5.74) is 0.0300. The maximum Gasteiger partial charge on any atom is 0.151 e. The first kappa shape index (κ1) is 11.3. The van der Waals surface area contributed by atoms with Crippen molar-refractivity contribution in [1.82, 2.24) is 10.2 Å². The van der Waals surface area contributed by atoms with Crippen molar-refractivity contribution in [3.8, 4) is 0 Å². The molecule has 16 heavy (non-hydrogen) atoms. The van der Waals surface area contributed by atoms with Crippen LogP contribution in [0.3, 0.4) is 0 Å².